The Morgan fingerprint density at radius 3 is 2.51 bits per heavy atom. The van der Waals surface area contributed by atoms with Crippen LogP contribution in [0.25, 0.3) is 11.1 Å². The Kier molecular flexibility index (Phi) is 8.94. The molecule has 186 valence electrons. The number of carbonyl (C=O) groups is 1. The lowest BCUT2D eigenvalue weighted by atomic mass is 9.81. The predicted octanol–water partition coefficient (Wildman–Crippen LogP) is 7.31. The SMILES string of the molecule is NCCCN(C(=O)I)C(c1cc(-c2cc(F)ccc2F)cn1Cc1ccccc1)C1CCCCC1. The third kappa shape index (κ3) is 6.30. The van der Waals surface area contributed by atoms with Gasteiger partial charge in [0.05, 0.1) is 6.04 Å². The van der Waals surface area contributed by atoms with Crippen molar-refractivity contribution < 1.29 is 13.6 Å². The number of carbonyl (C=O) groups excluding carboxylic acids is 1. The third-order valence-corrected chi connectivity index (χ3v) is 7.55. The molecule has 7 heteroatoms. The molecule has 1 heterocycles. The zero-order valence-corrected chi connectivity index (χ0v) is 22.0. The lowest BCUT2D eigenvalue weighted by Crippen LogP contribution is -2.38. The topological polar surface area (TPSA) is 51.3 Å². The summed E-state index contributed by atoms with van der Waals surface area (Å²) in [5.74, 6) is -0.640. The van der Waals surface area contributed by atoms with E-state index in [0.717, 1.165) is 43.0 Å². The number of aromatic nitrogens is 1. The predicted molar refractivity (Wildman–Crippen MR) is 144 cm³/mol. The second kappa shape index (κ2) is 12.1. The summed E-state index contributed by atoms with van der Waals surface area (Å²) in [5, 5.41) is 0. The maximum atomic E-state index is 14.8. The second-order valence-electron chi connectivity index (χ2n) is 9.32. The zero-order valence-electron chi connectivity index (χ0n) is 19.8. The van der Waals surface area contributed by atoms with Crippen molar-refractivity contribution in [2.45, 2.75) is 51.1 Å². The molecule has 0 saturated heterocycles. The molecule has 1 amide bonds. The van der Waals surface area contributed by atoms with Gasteiger partial charge in [-0.25, -0.2) is 8.78 Å². The maximum absolute atomic E-state index is 14.8. The molecule has 0 aliphatic heterocycles. The highest BCUT2D eigenvalue weighted by molar-refractivity contribution is 14.1. The quantitative estimate of drug-likeness (QED) is 0.161. The summed E-state index contributed by atoms with van der Waals surface area (Å²) in [6, 6.07) is 15.4. The van der Waals surface area contributed by atoms with Gasteiger partial charge in [0.25, 0.3) is 3.91 Å². The van der Waals surface area contributed by atoms with Crippen LogP contribution >= 0.6 is 22.6 Å². The number of rotatable bonds is 9. The van der Waals surface area contributed by atoms with Crippen LogP contribution in [0.4, 0.5) is 13.6 Å². The van der Waals surface area contributed by atoms with Gasteiger partial charge in [0.2, 0.25) is 0 Å². The Bertz CT molecular complexity index is 1130. The van der Waals surface area contributed by atoms with E-state index in [0.29, 0.717) is 37.5 Å². The van der Waals surface area contributed by atoms with Gasteiger partial charge in [-0.3, -0.25) is 4.79 Å². The lowest BCUT2D eigenvalue weighted by molar-refractivity contribution is 0.143. The van der Waals surface area contributed by atoms with Gasteiger partial charge in [0.1, 0.15) is 11.6 Å². The maximum Gasteiger partial charge on any atom is 0.283 e. The molecular weight excluding hydrogens is 559 g/mol. The molecule has 2 aromatic carbocycles. The molecule has 35 heavy (non-hydrogen) atoms. The van der Waals surface area contributed by atoms with Gasteiger partial charge < -0.3 is 15.2 Å². The molecule has 1 aliphatic carbocycles. The van der Waals surface area contributed by atoms with E-state index in [-0.39, 0.29) is 15.5 Å². The second-order valence-corrected chi connectivity index (χ2v) is 10.2. The van der Waals surface area contributed by atoms with Crippen molar-refractivity contribution in [1.82, 2.24) is 9.47 Å². The van der Waals surface area contributed by atoms with Crippen LogP contribution < -0.4 is 5.73 Å². The molecule has 2 N–H and O–H groups in total. The minimum Gasteiger partial charge on any atom is -0.345 e. The average Bonchev–Trinajstić information content (AvgIpc) is 3.27. The number of nitrogens with two attached hydrogens (primary N) is 1. The van der Waals surface area contributed by atoms with E-state index in [4.69, 9.17) is 5.73 Å². The van der Waals surface area contributed by atoms with E-state index in [1.165, 1.54) is 18.6 Å². The molecule has 1 atom stereocenters. The van der Waals surface area contributed by atoms with E-state index in [1.807, 2.05) is 58.0 Å². The number of hydrogen-bond acceptors (Lipinski definition) is 2. The molecule has 0 spiro atoms. The van der Waals surface area contributed by atoms with Crippen LogP contribution in [-0.2, 0) is 6.54 Å². The molecule has 1 aromatic heterocycles. The normalized spacial score (nSPS) is 15.2. The first-order valence-corrected chi connectivity index (χ1v) is 13.4. The fourth-order valence-corrected chi connectivity index (χ4v) is 5.81. The molecule has 0 bridgehead atoms. The summed E-state index contributed by atoms with van der Waals surface area (Å²) < 4.78 is 30.9. The highest BCUT2D eigenvalue weighted by atomic mass is 127. The van der Waals surface area contributed by atoms with Gasteiger partial charge >= 0.3 is 0 Å². The van der Waals surface area contributed by atoms with E-state index < -0.39 is 11.6 Å². The Balaban J connectivity index is 1.85. The van der Waals surface area contributed by atoms with Crippen LogP contribution in [0.15, 0.2) is 60.8 Å². The van der Waals surface area contributed by atoms with Crippen LogP contribution in [0, 0.1) is 17.6 Å². The number of nitrogens with zero attached hydrogens (tertiary/aromatic N) is 2. The lowest BCUT2D eigenvalue weighted by Gasteiger charge is -2.38. The molecule has 1 aliphatic rings. The number of halogens is 3. The first-order chi connectivity index (χ1) is 17.0. The highest BCUT2D eigenvalue weighted by Gasteiger charge is 2.34. The van der Waals surface area contributed by atoms with Crippen molar-refractivity contribution in [3.63, 3.8) is 0 Å². The molecular formula is C28H32F2IN3O. The van der Waals surface area contributed by atoms with Crippen LogP contribution in [0.2, 0.25) is 0 Å². The zero-order chi connectivity index (χ0) is 24.8. The Morgan fingerprint density at radius 1 is 1.09 bits per heavy atom. The molecule has 3 aromatic rings. The summed E-state index contributed by atoms with van der Waals surface area (Å²) in [7, 11) is 0. The minimum absolute atomic E-state index is 0.0161. The van der Waals surface area contributed by atoms with Gasteiger partial charge in [0.15, 0.2) is 0 Å². The molecule has 4 nitrogen and oxygen atoms in total. The summed E-state index contributed by atoms with van der Waals surface area (Å²) in [4.78, 5) is 14.8. The van der Waals surface area contributed by atoms with Crippen LogP contribution in [0.1, 0.15) is 55.8 Å². The summed E-state index contributed by atoms with van der Waals surface area (Å²) >= 11 is 1.87. The molecule has 1 unspecified atom stereocenters. The molecule has 1 saturated carbocycles. The monoisotopic (exact) mass is 591 g/mol. The largest absolute Gasteiger partial charge is 0.345 e. The fraction of sp³-hybridized carbons (Fsp3) is 0.393. The molecule has 0 radical (unpaired) electrons. The Hall–Kier alpha value is -2.26. The Morgan fingerprint density at radius 2 is 1.83 bits per heavy atom. The van der Waals surface area contributed by atoms with Crippen molar-refractivity contribution in [2.75, 3.05) is 13.1 Å². The highest BCUT2D eigenvalue weighted by Crippen LogP contribution is 2.41. The van der Waals surface area contributed by atoms with Crippen molar-refractivity contribution >= 4 is 26.5 Å². The van der Waals surface area contributed by atoms with Crippen LogP contribution in [-0.4, -0.2) is 26.5 Å². The van der Waals surface area contributed by atoms with Crippen molar-refractivity contribution in [2.24, 2.45) is 11.7 Å². The average molecular weight is 591 g/mol. The van der Waals surface area contributed by atoms with Crippen LogP contribution in [0.5, 0.6) is 0 Å². The van der Waals surface area contributed by atoms with Gasteiger partial charge in [0, 0.05) is 58.7 Å². The van der Waals surface area contributed by atoms with Gasteiger partial charge in [-0.1, -0.05) is 49.6 Å². The smallest absolute Gasteiger partial charge is 0.283 e. The summed E-state index contributed by atoms with van der Waals surface area (Å²) in [6.07, 6.45) is 8.15. The van der Waals surface area contributed by atoms with Crippen molar-refractivity contribution in [1.29, 1.82) is 0 Å². The van der Waals surface area contributed by atoms with Gasteiger partial charge in [-0.15, -0.1) is 0 Å². The standard InChI is InChI=1S/C28H32F2IN3O/c29-23-12-13-25(30)24(17-23)22-16-26(33(19-22)18-20-8-3-1-4-9-20)27(21-10-5-2-6-11-21)34(28(31)35)15-7-14-32/h1,3-4,8-9,12-13,16-17,19,21,27H,2,5-7,10-11,14-15,18,32H2. The molecule has 4 rings (SSSR count). The molecule has 1 fully saturated rings. The summed E-state index contributed by atoms with van der Waals surface area (Å²) in [6.45, 7) is 1.65. The Labute approximate surface area is 219 Å². The van der Waals surface area contributed by atoms with Crippen LogP contribution in [0.3, 0.4) is 0 Å². The van der Waals surface area contributed by atoms with E-state index in [1.54, 1.807) is 0 Å². The van der Waals surface area contributed by atoms with E-state index >= 15 is 0 Å². The third-order valence-electron chi connectivity index (χ3n) is 6.93. The first-order valence-electron chi connectivity index (χ1n) is 12.3. The van der Waals surface area contributed by atoms with Gasteiger partial charge in [-0.2, -0.15) is 0 Å². The fourth-order valence-electron chi connectivity index (χ4n) is 5.26. The number of benzene rings is 2. The number of hydrogen-bond donors (Lipinski definition) is 1. The first kappa shape index (κ1) is 25.8. The van der Waals surface area contributed by atoms with Gasteiger partial charge in [-0.05, 0) is 61.6 Å². The minimum atomic E-state index is -0.477. The number of amides is 1. The van der Waals surface area contributed by atoms with Crippen molar-refractivity contribution in [3.8, 4) is 11.1 Å². The van der Waals surface area contributed by atoms with E-state index in [9.17, 15) is 13.6 Å². The van der Waals surface area contributed by atoms with Crippen molar-refractivity contribution in [3.05, 3.63) is 83.7 Å². The summed E-state index contributed by atoms with van der Waals surface area (Å²) in [5.41, 5.74) is 8.73. The van der Waals surface area contributed by atoms with E-state index in [2.05, 4.69) is 16.7 Å².